The van der Waals surface area contributed by atoms with Gasteiger partial charge in [0.1, 0.15) is 11.5 Å². The highest BCUT2D eigenvalue weighted by molar-refractivity contribution is 5.22. The molecule has 2 rings (SSSR count). The molecule has 0 aromatic heterocycles. The number of rotatable bonds is 8. The predicted molar refractivity (Wildman–Crippen MR) is 86.7 cm³/mol. The Morgan fingerprint density at radius 3 is 1.67 bits per heavy atom. The van der Waals surface area contributed by atoms with E-state index in [1.54, 1.807) is 0 Å². The van der Waals surface area contributed by atoms with Crippen LogP contribution in [0.5, 0.6) is 11.5 Å². The van der Waals surface area contributed by atoms with Crippen LogP contribution in [0.4, 0.5) is 0 Å². The van der Waals surface area contributed by atoms with Gasteiger partial charge in [0.05, 0.1) is 13.2 Å². The number of hydrogen-bond donors (Lipinski definition) is 0. The minimum Gasteiger partial charge on any atom is -0.493 e. The van der Waals surface area contributed by atoms with Crippen LogP contribution in [0.2, 0.25) is 0 Å². The number of ether oxygens (including phenoxy) is 2. The van der Waals surface area contributed by atoms with Gasteiger partial charge in [-0.2, -0.15) is 0 Å². The SMILES string of the molecule is C=CC(C)C(COc1ccccc1)COc1ccccc1. The Bertz CT molecular complexity index is 478. The second-order valence-corrected chi connectivity index (χ2v) is 5.10. The van der Waals surface area contributed by atoms with Crippen LogP contribution in [0.3, 0.4) is 0 Å². The van der Waals surface area contributed by atoms with Gasteiger partial charge in [-0.25, -0.2) is 0 Å². The highest BCUT2D eigenvalue weighted by Gasteiger charge is 2.17. The molecule has 0 heterocycles. The first-order chi connectivity index (χ1) is 10.3. The predicted octanol–water partition coefficient (Wildman–Crippen LogP) is 4.58. The van der Waals surface area contributed by atoms with E-state index in [9.17, 15) is 0 Å². The van der Waals surface area contributed by atoms with Gasteiger partial charge in [-0.15, -0.1) is 6.58 Å². The third kappa shape index (κ3) is 4.99. The number of allylic oxidation sites excluding steroid dienone is 1. The van der Waals surface area contributed by atoms with Crippen LogP contribution in [0.15, 0.2) is 73.3 Å². The molecular formula is C19H22O2. The zero-order chi connectivity index (χ0) is 14.9. The summed E-state index contributed by atoms with van der Waals surface area (Å²) in [7, 11) is 0. The van der Waals surface area contributed by atoms with Crippen LogP contribution in [0.25, 0.3) is 0 Å². The van der Waals surface area contributed by atoms with Crippen molar-refractivity contribution in [2.45, 2.75) is 6.92 Å². The molecule has 0 saturated carbocycles. The summed E-state index contributed by atoms with van der Waals surface area (Å²) in [5, 5.41) is 0. The Labute approximate surface area is 127 Å². The highest BCUT2D eigenvalue weighted by Crippen LogP contribution is 2.18. The van der Waals surface area contributed by atoms with Crippen molar-refractivity contribution in [3.05, 3.63) is 73.3 Å². The second-order valence-electron chi connectivity index (χ2n) is 5.10. The van der Waals surface area contributed by atoms with Crippen molar-refractivity contribution in [1.29, 1.82) is 0 Å². The first kappa shape index (κ1) is 15.2. The summed E-state index contributed by atoms with van der Waals surface area (Å²) in [6.07, 6.45) is 1.95. The smallest absolute Gasteiger partial charge is 0.119 e. The Morgan fingerprint density at radius 1 is 0.857 bits per heavy atom. The monoisotopic (exact) mass is 282 g/mol. The fourth-order valence-corrected chi connectivity index (χ4v) is 1.98. The van der Waals surface area contributed by atoms with Gasteiger partial charge in [0.15, 0.2) is 0 Å². The van der Waals surface area contributed by atoms with Gasteiger partial charge in [-0.1, -0.05) is 49.4 Å². The minimum absolute atomic E-state index is 0.267. The topological polar surface area (TPSA) is 18.5 Å². The van der Waals surface area contributed by atoms with Gasteiger partial charge in [-0.05, 0) is 30.2 Å². The minimum atomic E-state index is 0.267. The van der Waals surface area contributed by atoms with Crippen molar-refractivity contribution in [1.82, 2.24) is 0 Å². The summed E-state index contributed by atoms with van der Waals surface area (Å²) < 4.78 is 11.7. The molecule has 21 heavy (non-hydrogen) atoms. The molecule has 2 aromatic rings. The number of benzene rings is 2. The molecule has 2 nitrogen and oxygen atoms in total. The van der Waals surface area contributed by atoms with Crippen molar-refractivity contribution >= 4 is 0 Å². The van der Waals surface area contributed by atoms with Crippen molar-refractivity contribution in [2.75, 3.05) is 13.2 Å². The molecule has 0 aliphatic carbocycles. The molecule has 2 heteroatoms. The third-order valence-corrected chi connectivity index (χ3v) is 3.53. The van der Waals surface area contributed by atoms with E-state index in [1.807, 2.05) is 66.7 Å². The van der Waals surface area contributed by atoms with Gasteiger partial charge in [0.2, 0.25) is 0 Å². The van der Waals surface area contributed by atoms with E-state index in [0.717, 1.165) is 11.5 Å². The fraction of sp³-hybridized carbons (Fsp3) is 0.263. The van der Waals surface area contributed by atoms with E-state index in [1.165, 1.54) is 0 Å². The highest BCUT2D eigenvalue weighted by atomic mass is 16.5. The summed E-state index contributed by atoms with van der Waals surface area (Å²) in [6.45, 7) is 7.25. The van der Waals surface area contributed by atoms with E-state index < -0.39 is 0 Å². The molecule has 1 unspecified atom stereocenters. The Morgan fingerprint density at radius 2 is 1.29 bits per heavy atom. The summed E-state index contributed by atoms with van der Waals surface area (Å²) in [5.74, 6) is 2.37. The summed E-state index contributed by atoms with van der Waals surface area (Å²) in [6, 6.07) is 19.7. The van der Waals surface area contributed by atoms with Crippen molar-refractivity contribution in [3.8, 4) is 11.5 Å². The van der Waals surface area contributed by atoms with Crippen LogP contribution in [0, 0.1) is 11.8 Å². The zero-order valence-corrected chi connectivity index (χ0v) is 12.4. The first-order valence-electron chi connectivity index (χ1n) is 7.28. The van der Waals surface area contributed by atoms with E-state index in [2.05, 4.69) is 13.5 Å². The van der Waals surface area contributed by atoms with Crippen molar-refractivity contribution in [3.63, 3.8) is 0 Å². The molecule has 0 N–H and O–H groups in total. The Balaban J connectivity index is 1.90. The molecule has 1 atom stereocenters. The van der Waals surface area contributed by atoms with Gasteiger partial charge in [0.25, 0.3) is 0 Å². The zero-order valence-electron chi connectivity index (χ0n) is 12.4. The maximum Gasteiger partial charge on any atom is 0.119 e. The van der Waals surface area contributed by atoms with Crippen molar-refractivity contribution in [2.24, 2.45) is 11.8 Å². The average Bonchev–Trinajstić information content (AvgIpc) is 2.56. The normalized spacial score (nSPS) is 11.9. The Kier molecular flexibility index (Phi) is 5.89. The van der Waals surface area contributed by atoms with Crippen LogP contribution >= 0.6 is 0 Å². The van der Waals surface area contributed by atoms with Gasteiger partial charge >= 0.3 is 0 Å². The lowest BCUT2D eigenvalue weighted by molar-refractivity contribution is 0.151. The lowest BCUT2D eigenvalue weighted by Gasteiger charge is -2.22. The lowest BCUT2D eigenvalue weighted by Crippen LogP contribution is -2.25. The van der Waals surface area contributed by atoms with E-state index >= 15 is 0 Å². The quantitative estimate of drug-likeness (QED) is 0.660. The van der Waals surface area contributed by atoms with E-state index in [4.69, 9.17) is 9.47 Å². The van der Waals surface area contributed by atoms with Gasteiger partial charge < -0.3 is 9.47 Å². The summed E-state index contributed by atoms with van der Waals surface area (Å²) >= 11 is 0. The van der Waals surface area contributed by atoms with Gasteiger partial charge in [0, 0.05) is 5.92 Å². The number of hydrogen-bond acceptors (Lipinski definition) is 2. The molecule has 0 saturated heterocycles. The standard InChI is InChI=1S/C19H22O2/c1-3-16(2)17(14-20-18-10-6-4-7-11-18)15-21-19-12-8-5-9-13-19/h3-13,16-17H,1,14-15H2,2H3. The molecule has 0 radical (unpaired) electrons. The molecule has 0 aliphatic rings. The molecule has 0 fully saturated rings. The molecular weight excluding hydrogens is 260 g/mol. The lowest BCUT2D eigenvalue weighted by atomic mass is 9.96. The second kappa shape index (κ2) is 8.15. The summed E-state index contributed by atoms with van der Waals surface area (Å²) in [5.41, 5.74) is 0. The van der Waals surface area contributed by atoms with Crippen LogP contribution in [-0.2, 0) is 0 Å². The maximum absolute atomic E-state index is 5.85. The third-order valence-electron chi connectivity index (χ3n) is 3.53. The van der Waals surface area contributed by atoms with Crippen LogP contribution < -0.4 is 9.47 Å². The van der Waals surface area contributed by atoms with Gasteiger partial charge in [-0.3, -0.25) is 0 Å². The van der Waals surface area contributed by atoms with E-state index in [-0.39, 0.29) is 5.92 Å². The average molecular weight is 282 g/mol. The number of para-hydroxylation sites is 2. The maximum atomic E-state index is 5.85. The first-order valence-corrected chi connectivity index (χ1v) is 7.28. The van der Waals surface area contributed by atoms with Crippen LogP contribution in [0.1, 0.15) is 6.92 Å². The van der Waals surface area contributed by atoms with Crippen LogP contribution in [-0.4, -0.2) is 13.2 Å². The molecule has 0 aliphatic heterocycles. The molecule has 0 bridgehead atoms. The van der Waals surface area contributed by atoms with Crippen molar-refractivity contribution < 1.29 is 9.47 Å². The Hall–Kier alpha value is -2.22. The molecule has 0 amide bonds. The largest absolute Gasteiger partial charge is 0.493 e. The molecule has 2 aromatic carbocycles. The van der Waals surface area contributed by atoms with E-state index in [0.29, 0.717) is 19.1 Å². The molecule has 110 valence electrons. The summed E-state index contributed by atoms with van der Waals surface area (Å²) in [4.78, 5) is 0. The molecule has 0 spiro atoms. The fourth-order valence-electron chi connectivity index (χ4n) is 1.98.